The van der Waals surface area contributed by atoms with E-state index in [-0.39, 0.29) is 17.7 Å². The van der Waals surface area contributed by atoms with Crippen LogP contribution in [0.2, 0.25) is 0 Å². The molecule has 24 heavy (non-hydrogen) atoms. The van der Waals surface area contributed by atoms with E-state index in [4.69, 9.17) is 0 Å². The second-order valence-electron chi connectivity index (χ2n) is 5.01. The number of carbonyl (C=O) groups excluding carboxylic acids is 1. The number of hydrogen-bond donors (Lipinski definition) is 2. The van der Waals surface area contributed by atoms with Gasteiger partial charge in [0.25, 0.3) is 11.6 Å². The number of rotatable bonds is 6. The van der Waals surface area contributed by atoms with Gasteiger partial charge in [0.2, 0.25) is 0 Å². The Morgan fingerprint density at radius 2 is 1.92 bits per heavy atom. The Labute approximate surface area is 145 Å². The summed E-state index contributed by atoms with van der Waals surface area (Å²) in [7, 11) is 0. The highest BCUT2D eigenvalue weighted by molar-refractivity contribution is 9.10. The molecule has 2 aromatic carbocycles. The molecule has 0 spiro atoms. The molecule has 0 aliphatic rings. The van der Waals surface area contributed by atoms with Crippen LogP contribution < -0.4 is 5.32 Å². The third kappa shape index (κ3) is 4.63. The van der Waals surface area contributed by atoms with Crippen LogP contribution in [0.15, 0.2) is 53.0 Å². The molecule has 0 unspecified atom stereocenters. The SMILES string of the molecule is O=C(N[C@H](Cc1cccc(Br)c1)C(=O)O)c1cccc([N+](=O)[O-])c1. The summed E-state index contributed by atoms with van der Waals surface area (Å²) < 4.78 is 0.800. The van der Waals surface area contributed by atoms with Gasteiger partial charge in [0, 0.05) is 28.6 Å². The molecule has 1 atom stereocenters. The van der Waals surface area contributed by atoms with Crippen LogP contribution in [-0.4, -0.2) is 27.9 Å². The van der Waals surface area contributed by atoms with Crippen molar-refractivity contribution in [3.63, 3.8) is 0 Å². The molecule has 0 fully saturated rings. The summed E-state index contributed by atoms with van der Waals surface area (Å²) in [6.45, 7) is 0. The number of hydrogen-bond acceptors (Lipinski definition) is 4. The molecule has 0 radical (unpaired) electrons. The number of nitrogens with zero attached hydrogens (tertiary/aromatic N) is 1. The first-order valence-corrected chi connectivity index (χ1v) is 7.68. The van der Waals surface area contributed by atoms with Crippen molar-refractivity contribution in [2.75, 3.05) is 0 Å². The first-order chi connectivity index (χ1) is 11.4. The quantitative estimate of drug-likeness (QED) is 0.580. The third-order valence-corrected chi connectivity index (χ3v) is 3.74. The van der Waals surface area contributed by atoms with Gasteiger partial charge in [0.05, 0.1) is 4.92 Å². The first-order valence-electron chi connectivity index (χ1n) is 6.89. The van der Waals surface area contributed by atoms with Crippen LogP contribution in [0.5, 0.6) is 0 Å². The number of non-ortho nitro benzene ring substituents is 1. The molecule has 2 N–H and O–H groups in total. The zero-order valence-electron chi connectivity index (χ0n) is 12.3. The van der Waals surface area contributed by atoms with E-state index in [0.717, 1.165) is 16.1 Å². The topological polar surface area (TPSA) is 110 Å². The molecule has 0 aromatic heterocycles. The predicted molar refractivity (Wildman–Crippen MR) is 89.8 cm³/mol. The summed E-state index contributed by atoms with van der Waals surface area (Å²) in [4.78, 5) is 33.7. The summed E-state index contributed by atoms with van der Waals surface area (Å²) in [6.07, 6.45) is 0.0927. The maximum absolute atomic E-state index is 12.2. The fourth-order valence-corrected chi connectivity index (χ4v) is 2.55. The molecule has 0 saturated heterocycles. The molecule has 0 aliphatic heterocycles. The van der Waals surface area contributed by atoms with Crippen molar-refractivity contribution in [1.29, 1.82) is 0 Å². The van der Waals surface area contributed by atoms with Crippen molar-refractivity contribution in [3.8, 4) is 0 Å². The van der Waals surface area contributed by atoms with Gasteiger partial charge in [-0.25, -0.2) is 4.79 Å². The second kappa shape index (κ2) is 7.69. The average Bonchev–Trinajstić information content (AvgIpc) is 2.54. The lowest BCUT2D eigenvalue weighted by Gasteiger charge is -2.15. The Bertz CT molecular complexity index is 794. The van der Waals surface area contributed by atoms with Gasteiger partial charge in [0.1, 0.15) is 6.04 Å². The van der Waals surface area contributed by atoms with Gasteiger partial charge in [0.15, 0.2) is 0 Å². The van der Waals surface area contributed by atoms with Crippen LogP contribution in [0.3, 0.4) is 0 Å². The average molecular weight is 393 g/mol. The van der Waals surface area contributed by atoms with Crippen LogP contribution in [0.25, 0.3) is 0 Å². The molecule has 2 rings (SSSR count). The van der Waals surface area contributed by atoms with E-state index in [2.05, 4.69) is 21.2 Å². The summed E-state index contributed by atoms with van der Waals surface area (Å²) >= 11 is 3.30. The van der Waals surface area contributed by atoms with Crippen molar-refractivity contribution in [3.05, 3.63) is 74.2 Å². The van der Waals surface area contributed by atoms with Crippen molar-refractivity contribution < 1.29 is 19.6 Å². The maximum atomic E-state index is 12.2. The van der Waals surface area contributed by atoms with Gasteiger partial charge in [-0.3, -0.25) is 14.9 Å². The predicted octanol–water partition coefficient (Wildman–Crippen LogP) is 2.78. The van der Waals surface area contributed by atoms with E-state index < -0.39 is 22.8 Å². The van der Waals surface area contributed by atoms with Gasteiger partial charge in [-0.1, -0.05) is 34.1 Å². The molecule has 0 aliphatic carbocycles. The molecule has 1 amide bonds. The van der Waals surface area contributed by atoms with E-state index in [1.165, 1.54) is 18.2 Å². The lowest BCUT2D eigenvalue weighted by atomic mass is 10.1. The number of nitrogens with one attached hydrogen (secondary N) is 1. The third-order valence-electron chi connectivity index (χ3n) is 3.25. The monoisotopic (exact) mass is 392 g/mol. The Balaban J connectivity index is 2.15. The van der Waals surface area contributed by atoms with E-state index in [1.807, 2.05) is 0 Å². The molecular weight excluding hydrogens is 380 g/mol. The standard InChI is InChI=1S/C16H13BrN2O5/c17-12-5-1-3-10(7-12)8-14(16(21)22)18-15(20)11-4-2-6-13(9-11)19(23)24/h1-7,9,14H,8H2,(H,18,20)(H,21,22)/t14-/m1/s1. The fraction of sp³-hybridized carbons (Fsp3) is 0.125. The summed E-state index contributed by atoms with van der Waals surface area (Å²) in [5.41, 5.74) is 0.530. The number of nitro groups is 1. The highest BCUT2D eigenvalue weighted by atomic mass is 79.9. The highest BCUT2D eigenvalue weighted by Crippen LogP contribution is 2.15. The largest absolute Gasteiger partial charge is 0.480 e. The van der Waals surface area contributed by atoms with Crippen LogP contribution in [0.1, 0.15) is 15.9 Å². The normalized spacial score (nSPS) is 11.5. The van der Waals surface area contributed by atoms with E-state index in [0.29, 0.717) is 0 Å². The molecule has 0 bridgehead atoms. The van der Waals surface area contributed by atoms with Crippen molar-refractivity contribution in [2.24, 2.45) is 0 Å². The molecule has 8 heteroatoms. The Morgan fingerprint density at radius 1 is 1.21 bits per heavy atom. The molecule has 2 aromatic rings. The van der Waals surface area contributed by atoms with Crippen LogP contribution in [0.4, 0.5) is 5.69 Å². The summed E-state index contributed by atoms with van der Waals surface area (Å²) in [5.74, 6) is -1.87. The maximum Gasteiger partial charge on any atom is 0.326 e. The fourth-order valence-electron chi connectivity index (χ4n) is 2.10. The molecule has 0 heterocycles. The van der Waals surface area contributed by atoms with Crippen molar-refractivity contribution >= 4 is 33.5 Å². The summed E-state index contributed by atoms with van der Waals surface area (Å²) in [5, 5.41) is 22.5. The minimum atomic E-state index is -1.19. The van der Waals surface area contributed by atoms with Gasteiger partial charge in [-0.05, 0) is 23.8 Å². The molecule has 0 saturated carbocycles. The molecule has 124 valence electrons. The zero-order valence-corrected chi connectivity index (χ0v) is 13.9. The highest BCUT2D eigenvalue weighted by Gasteiger charge is 2.22. The molecule has 7 nitrogen and oxygen atoms in total. The van der Waals surface area contributed by atoms with Crippen molar-refractivity contribution in [1.82, 2.24) is 5.32 Å². The number of nitro benzene ring substituents is 1. The smallest absolute Gasteiger partial charge is 0.326 e. The lowest BCUT2D eigenvalue weighted by molar-refractivity contribution is -0.384. The van der Waals surface area contributed by atoms with Gasteiger partial charge in [-0.2, -0.15) is 0 Å². The summed E-state index contributed by atoms with van der Waals surface area (Å²) in [6, 6.07) is 11.1. The Hall–Kier alpha value is -2.74. The van der Waals surface area contributed by atoms with Crippen LogP contribution >= 0.6 is 15.9 Å². The Kier molecular flexibility index (Phi) is 5.64. The van der Waals surface area contributed by atoms with E-state index >= 15 is 0 Å². The molecular formula is C16H13BrN2O5. The zero-order chi connectivity index (χ0) is 17.7. The minimum Gasteiger partial charge on any atom is -0.480 e. The van der Waals surface area contributed by atoms with Gasteiger partial charge >= 0.3 is 5.97 Å². The number of carbonyl (C=O) groups is 2. The number of halogens is 1. The number of benzene rings is 2. The second-order valence-corrected chi connectivity index (χ2v) is 5.92. The van der Waals surface area contributed by atoms with Crippen LogP contribution in [0, 0.1) is 10.1 Å². The number of aliphatic carboxylic acids is 1. The lowest BCUT2D eigenvalue weighted by Crippen LogP contribution is -2.42. The Morgan fingerprint density at radius 3 is 2.54 bits per heavy atom. The van der Waals surface area contributed by atoms with E-state index in [1.54, 1.807) is 24.3 Å². The van der Waals surface area contributed by atoms with Crippen LogP contribution in [-0.2, 0) is 11.2 Å². The first kappa shape index (κ1) is 17.6. The van der Waals surface area contributed by atoms with Crippen molar-refractivity contribution in [2.45, 2.75) is 12.5 Å². The van der Waals surface area contributed by atoms with E-state index in [9.17, 15) is 24.8 Å². The van der Waals surface area contributed by atoms with Gasteiger partial charge < -0.3 is 10.4 Å². The minimum absolute atomic E-state index is 0.0321. The van der Waals surface area contributed by atoms with Gasteiger partial charge in [-0.15, -0.1) is 0 Å². The number of amides is 1. The number of carboxylic acids is 1. The number of carboxylic acid groups (broad SMARTS) is 1.